The van der Waals surface area contributed by atoms with Crippen molar-refractivity contribution in [3.63, 3.8) is 0 Å². The lowest BCUT2D eigenvalue weighted by Gasteiger charge is -2.34. The van der Waals surface area contributed by atoms with Gasteiger partial charge >= 0.3 is 0 Å². The molecular formula is C15H26N2O. The second kappa shape index (κ2) is 4.84. The zero-order valence-corrected chi connectivity index (χ0v) is 11.4. The molecular weight excluding hydrogens is 224 g/mol. The highest BCUT2D eigenvalue weighted by atomic mass is 16.2. The minimum absolute atomic E-state index is 0.191. The number of rotatable bonds is 6. The van der Waals surface area contributed by atoms with E-state index in [2.05, 4.69) is 4.90 Å². The summed E-state index contributed by atoms with van der Waals surface area (Å²) in [6.45, 7) is 2.58. The van der Waals surface area contributed by atoms with Crippen molar-refractivity contribution in [3.8, 4) is 0 Å². The van der Waals surface area contributed by atoms with Crippen molar-refractivity contribution in [2.24, 2.45) is 23.0 Å². The van der Waals surface area contributed by atoms with Gasteiger partial charge in [0.15, 0.2) is 0 Å². The van der Waals surface area contributed by atoms with E-state index in [1.165, 1.54) is 38.5 Å². The molecule has 3 nitrogen and oxygen atoms in total. The lowest BCUT2D eigenvalue weighted by Crippen LogP contribution is -2.48. The predicted octanol–water partition coefficient (Wildman–Crippen LogP) is 2.15. The largest absolute Gasteiger partial charge is 0.342 e. The normalized spacial score (nSPS) is 26.3. The van der Waals surface area contributed by atoms with Crippen LogP contribution in [-0.2, 0) is 4.79 Å². The van der Waals surface area contributed by atoms with Crippen molar-refractivity contribution < 1.29 is 4.79 Å². The van der Waals surface area contributed by atoms with Crippen LogP contribution in [0.2, 0.25) is 0 Å². The molecule has 0 atom stereocenters. The van der Waals surface area contributed by atoms with Crippen LogP contribution in [0.25, 0.3) is 0 Å². The van der Waals surface area contributed by atoms with E-state index in [0.29, 0.717) is 12.5 Å². The molecule has 0 spiro atoms. The molecule has 2 N–H and O–H groups in total. The molecule has 0 heterocycles. The summed E-state index contributed by atoms with van der Waals surface area (Å²) in [5, 5.41) is 0. The molecule has 0 saturated heterocycles. The summed E-state index contributed by atoms with van der Waals surface area (Å²) in [7, 11) is 0. The zero-order chi connectivity index (χ0) is 12.6. The molecule has 1 amide bonds. The Morgan fingerprint density at radius 2 is 1.56 bits per heavy atom. The molecule has 3 saturated carbocycles. The third-order valence-electron chi connectivity index (χ3n) is 5.04. The monoisotopic (exact) mass is 250 g/mol. The van der Waals surface area contributed by atoms with E-state index < -0.39 is 0 Å². The number of nitrogens with two attached hydrogens (primary N) is 1. The van der Waals surface area contributed by atoms with Crippen molar-refractivity contribution in [1.29, 1.82) is 0 Å². The van der Waals surface area contributed by atoms with Crippen LogP contribution in [-0.4, -0.2) is 30.4 Å². The van der Waals surface area contributed by atoms with Crippen molar-refractivity contribution in [2.45, 2.75) is 51.4 Å². The Hall–Kier alpha value is -0.570. The summed E-state index contributed by atoms with van der Waals surface area (Å²) in [5.41, 5.74) is 5.76. The van der Waals surface area contributed by atoms with E-state index in [0.717, 1.165) is 37.8 Å². The van der Waals surface area contributed by atoms with Crippen LogP contribution in [0.3, 0.4) is 0 Å². The van der Waals surface area contributed by atoms with E-state index >= 15 is 0 Å². The fourth-order valence-corrected chi connectivity index (χ4v) is 3.36. The van der Waals surface area contributed by atoms with Gasteiger partial charge in [0.25, 0.3) is 0 Å². The van der Waals surface area contributed by atoms with Gasteiger partial charge in [-0.15, -0.1) is 0 Å². The van der Waals surface area contributed by atoms with E-state index in [9.17, 15) is 4.79 Å². The minimum Gasteiger partial charge on any atom is -0.342 e. The highest BCUT2D eigenvalue weighted by Crippen LogP contribution is 2.41. The Labute approximate surface area is 110 Å². The van der Waals surface area contributed by atoms with Crippen molar-refractivity contribution in [2.75, 3.05) is 19.6 Å². The first-order valence-electron chi connectivity index (χ1n) is 7.73. The second-order valence-electron chi connectivity index (χ2n) is 6.79. The topological polar surface area (TPSA) is 46.3 Å². The Morgan fingerprint density at radius 3 is 1.94 bits per heavy atom. The Morgan fingerprint density at radius 1 is 1.06 bits per heavy atom. The number of hydrogen-bond acceptors (Lipinski definition) is 2. The Balaban J connectivity index is 1.68. The third kappa shape index (κ3) is 2.56. The Kier molecular flexibility index (Phi) is 3.35. The molecule has 0 radical (unpaired) electrons. The number of amides is 1. The van der Waals surface area contributed by atoms with Gasteiger partial charge in [-0.2, -0.15) is 0 Å². The molecule has 3 aliphatic rings. The number of carbonyl (C=O) groups is 1. The molecule has 3 fully saturated rings. The maximum absolute atomic E-state index is 12.9. The summed E-state index contributed by atoms with van der Waals surface area (Å²) < 4.78 is 0. The SMILES string of the molecule is NCC1(C(=O)N(CC2CC2)CC2CC2)CCCC1. The molecule has 0 aromatic carbocycles. The van der Waals surface area contributed by atoms with Gasteiger partial charge in [-0.1, -0.05) is 12.8 Å². The standard InChI is InChI=1S/C15H26N2O/c16-11-15(7-1-2-8-15)14(18)17(9-12-3-4-12)10-13-5-6-13/h12-13H,1-11,16H2. The van der Waals surface area contributed by atoms with Crippen LogP contribution in [0, 0.1) is 17.3 Å². The number of carbonyl (C=O) groups excluding carboxylic acids is 1. The molecule has 0 bridgehead atoms. The lowest BCUT2D eigenvalue weighted by molar-refractivity contribution is -0.142. The maximum atomic E-state index is 12.9. The van der Waals surface area contributed by atoms with Gasteiger partial charge in [-0.3, -0.25) is 4.79 Å². The van der Waals surface area contributed by atoms with Crippen molar-refractivity contribution in [1.82, 2.24) is 4.90 Å². The second-order valence-corrected chi connectivity index (χ2v) is 6.79. The smallest absolute Gasteiger partial charge is 0.230 e. The van der Waals surface area contributed by atoms with Crippen LogP contribution in [0.5, 0.6) is 0 Å². The molecule has 3 rings (SSSR count). The van der Waals surface area contributed by atoms with Crippen LogP contribution in [0.4, 0.5) is 0 Å². The van der Waals surface area contributed by atoms with Crippen LogP contribution in [0.15, 0.2) is 0 Å². The van der Waals surface area contributed by atoms with Gasteiger partial charge in [0.2, 0.25) is 5.91 Å². The molecule has 18 heavy (non-hydrogen) atoms. The first-order chi connectivity index (χ1) is 8.73. The predicted molar refractivity (Wildman–Crippen MR) is 72.0 cm³/mol. The molecule has 3 heteroatoms. The average molecular weight is 250 g/mol. The summed E-state index contributed by atoms with van der Waals surface area (Å²) >= 11 is 0. The van der Waals surface area contributed by atoms with Gasteiger partial charge in [0, 0.05) is 19.6 Å². The summed E-state index contributed by atoms with van der Waals surface area (Å²) in [4.78, 5) is 15.1. The molecule has 3 aliphatic carbocycles. The van der Waals surface area contributed by atoms with Gasteiger partial charge in [0.1, 0.15) is 0 Å². The first-order valence-corrected chi connectivity index (χ1v) is 7.73. The van der Waals surface area contributed by atoms with Gasteiger partial charge in [0.05, 0.1) is 5.41 Å². The van der Waals surface area contributed by atoms with E-state index in [4.69, 9.17) is 5.73 Å². The van der Waals surface area contributed by atoms with Gasteiger partial charge in [-0.25, -0.2) is 0 Å². The lowest BCUT2D eigenvalue weighted by atomic mass is 9.84. The van der Waals surface area contributed by atoms with Crippen LogP contribution in [0.1, 0.15) is 51.4 Å². The first kappa shape index (κ1) is 12.5. The van der Waals surface area contributed by atoms with Gasteiger partial charge in [-0.05, 0) is 50.4 Å². The summed E-state index contributed by atoms with van der Waals surface area (Å²) in [6, 6.07) is 0. The fourth-order valence-electron chi connectivity index (χ4n) is 3.36. The summed E-state index contributed by atoms with van der Waals surface area (Å²) in [6.07, 6.45) is 9.71. The molecule has 0 unspecified atom stereocenters. The Bertz CT molecular complexity index is 300. The van der Waals surface area contributed by atoms with E-state index in [-0.39, 0.29) is 5.41 Å². The third-order valence-corrected chi connectivity index (χ3v) is 5.04. The van der Waals surface area contributed by atoms with Crippen molar-refractivity contribution in [3.05, 3.63) is 0 Å². The van der Waals surface area contributed by atoms with E-state index in [1.54, 1.807) is 0 Å². The van der Waals surface area contributed by atoms with Gasteiger partial charge < -0.3 is 10.6 Å². The van der Waals surface area contributed by atoms with E-state index in [1.807, 2.05) is 0 Å². The minimum atomic E-state index is -0.191. The van der Waals surface area contributed by atoms with Crippen LogP contribution >= 0.6 is 0 Å². The summed E-state index contributed by atoms with van der Waals surface area (Å²) in [5.74, 6) is 1.98. The molecule has 0 aromatic heterocycles. The quantitative estimate of drug-likeness (QED) is 0.785. The van der Waals surface area contributed by atoms with Crippen molar-refractivity contribution >= 4 is 5.91 Å². The highest BCUT2D eigenvalue weighted by molar-refractivity contribution is 5.83. The maximum Gasteiger partial charge on any atom is 0.230 e. The molecule has 0 aliphatic heterocycles. The molecule has 102 valence electrons. The number of hydrogen-bond donors (Lipinski definition) is 1. The highest BCUT2D eigenvalue weighted by Gasteiger charge is 2.44. The fraction of sp³-hybridized carbons (Fsp3) is 0.933. The van der Waals surface area contributed by atoms with Crippen LogP contribution < -0.4 is 5.73 Å². The zero-order valence-electron chi connectivity index (χ0n) is 11.4. The average Bonchev–Trinajstić information content (AvgIpc) is 3.30. The molecule has 0 aromatic rings. The number of nitrogens with zero attached hydrogens (tertiary/aromatic N) is 1.